The highest BCUT2D eigenvalue weighted by Gasteiger charge is 2.13. The van der Waals surface area contributed by atoms with Crippen LogP contribution in [0.25, 0.3) is 28.1 Å². The van der Waals surface area contributed by atoms with Gasteiger partial charge in [-0.05, 0) is 24.6 Å². The molecule has 0 amide bonds. The van der Waals surface area contributed by atoms with E-state index >= 15 is 0 Å². The van der Waals surface area contributed by atoms with E-state index in [1.807, 2.05) is 42.6 Å². The minimum absolute atomic E-state index is 0.809. The largest absolute Gasteiger partial charge is 0.249 e. The van der Waals surface area contributed by atoms with Crippen molar-refractivity contribution >= 4 is 16.7 Å². The average molecular weight is 275 g/mol. The summed E-state index contributed by atoms with van der Waals surface area (Å²) in [5.74, 6) is 0. The molecule has 0 aliphatic carbocycles. The van der Waals surface area contributed by atoms with Gasteiger partial charge in [0.2, 0.25) is 0 Å². The molecule has 3 heterocycles. The second-order valence-corrected chi connectivity index (χ2v) is 4.81. The van der Waals surface area contributed by atoms with Gasteiger partial charge in [-0.25, -0.2) is 19.5 Å². The fraction of sp³-hybridized carbons (Fsp3) is 0.125. The smallest absolute Gasteiger partial charge is 0.155 e. The topological polar surface area (TPSA) is 56.0 Å². The normalized spacial score (nSPS) is 11.3. The van der Waals surface area contributed by atoms with Gasteiger partial charge in [-0.3, -0.25) is 0 Å². The maximum Gasteiger partial charge on any atom is 0.155 e. The molecule has 0 bridgehead atoms. The van der Waals surface area contributed by atoms with Gasteiger partial charge < -0.3 is 0 Å². The Morgan fingerprint density at radius 1 is 1.05 bits per heavy atom. The summed E-state index contributed by atoms with van der Waals surface area (Å²) in [6.45, 7) is 2.08. The van der Waals surface area contributed by atoms with Crippen LogP contribution >= 0.6 is 0 Å². The maximum atomic E-state index is 4.75. The molecule has 5 heteroatoms. The number of aromatic nitrogens is 5. The van der Waals surface area contributed by atoms with Crippen LogP contribution in [0.2, 0.25) is 0 Å². The molecule has 0 fully saturated rings. The van der Waals surface area contributed by atoms with Crippen LogP contribution in [0.4, 0.5) is 0 Å². The molecule has 0 atom stereocenters. The van der Waals surface area contributed by atoms with Crippen molar-refractivity contribution in [3.8, 4) is 11.4 Å². The summed E-state index contributed by atoms with van der Waals surface area (Å²) in [7, 11) is 0. The molecular weight excluding hydrogens is 262 g/mol. The van der Waals surface area contributed by atoms with Crippen LogP contribution in [0, 0.1) is 0 Å². The standard InChI is InChI=1S/C16H13N5/c1-2-11-16(19-13-7-4-3-6-12(13)18-11)14-10-15-17-8-5-9-21(15)20-14/h3-10H,2H2,1H3. The van der Waals surface area contributed by atoms with Crippen LogP contribution in [-0.2, 0) is 6.42 Å². The summed E-state index contributed by atoms with van der Waals surface area (Å²) >= 11 is 0. The van der Waals surface area contributed by atoms with Crippen LogP contribution in [0.15, 0.2) is 48.8 Å². The van der Waals surface area contributed by atoms with Crippen LogP contribution in [0.3, 0.4) is 0 Å². The van der Waals surface area contributed by atoms with Crippen molar-refractivity contribution in [1.82, 2.24) is 24.6 Å². The van der Waals surface area contributed by atoms with Crippen molar-refractivity contribution in [2.45, 2.75) is 13.3 Å². The van der Waals surface area contributed by atoms with Crippen LogP contribution in [0.5, 0.6) is 0 Å². The Hall–Kier alpha value is -2.82. The van der Waals surface area contributed by atoms with Crippen LogP contribution in [-0.4, -0.2) is 24.6 Å². The first-order chi connectivity index (χ1) is 10.3. The van der Waals surface area contributed by atoms with Crippen molar-refractivity contribution < 1.29 is 0 Å². The third-order valence-corrected chi connectivity index (χ3v) is 3.46. The Labute approximate surface area is 121 Å². The molecule has 0 spiro atoms. The molecule has 0 saturated carbocycles. The van der Waals surface area contributed by atoms with E-state index in [2.05, 4.69) is 17.0 Å². The predicted molar refractivity (Wildman–Crippen MR) is 80.9 cm³/mol. The molecule has 21 heavy (non-hydrogen) atoms. The third-order valence-electron chi connectivity index (χ3n) is 3.46. The highest BCUT2D eigenvalue weighted by molar-refractivity contribution is 5.78. The van der Waals surface area contributed by atoms with Gasteiger partial charge in [0, 0.05) is 18.5 Å². The molecule has 4 rings (SSSR count). The summed E-state index contributed by atoms with van der Waals surface area (Å²) in [4.78, 5) is 13.8. The fourth-order valence-corrected chi connectivity index (χ4v) is 2.43. The van der Waals surface area contributed by atoms with Crippen molar-refractivity contribution in [3.63, 3.8) is 0 Å². The minimum Gasteiger partial charge on any atom is -0.249 e. The number of benzene rings is 1. The van der Waals surface area contributed by atoms with E-state index < -0.39 is 0 Å². The van der Waals surface area contributed by atoms with Crippen molar-refractivity contribution in [1.29, 1.82) is 0 Å². The molecule has 102 valence electrons. The van der Waals surface area contributed by atoms with Crippen molar-refractivity contribution in [3.05, 3.63) is 54.5 Å². The van der Waals surface area contributed by atoms with Crippen molar-refractivity contribution in [2.24, 2.45) is 0 Å². The number of aryl methyl sites for hydroxylation is 1. The van der Waals surface area contributed by atoms with Gasteiger partial charge in [0.25, 0.3) is 0 Å². The van der Waals surface area contributed by atoms with E-state index in [-0.39, 0.29) is 0 Å². The zero-order chi connectivity index (χ0) is 14.2. The molecule has 0 N–H and O–H groups in total. The number of para-hydroxylation sites is 2. The molecule has 0 radical (unpaired) electrons. The fourth-order valence-electron chi connectivity index (χ4n) is 2.43. The number of hydrogen-bond acceptors (Lipinski definition) is 4. The monoisotopic (exact) mass is 275 g/mol. The number of fused-ring (bicyclic) bond motifs is 2. The molecule has 0 aliphatic heterocycles. The lowest BCUT2D eigenvalue weighted by Crippen LogP contribution is -1.98. The van der Waals surface area contributed by atoms with Gasteiger partial charge in [0.1, 0.15) is 11.4 Å². The average Bonchev–Trinajstić information content (AvgIpc) is 2.97. The number of nitrogens with zero attached hydrogens (tertiary/aromatic N) is 5. The first-order valence-corrected chi connectivity index (χ1v) is 6.91. The summed E-state index contributed by atoms with van der Waals surface area (Å²) in [5.41, 5.74) is 5.21. The second kappa shape index (κ2) is 4.63. The van der Waals surface area contributed by atoms with Gasteiger partial charge in [-0.15, -0.1) is 0 Å². The van der Waals surface area contributed by atoms with E-state index in [0.29, 0.717) is 0 Å². The van der Waals surface area contributed by atoms with Gasteiger partial charge in [-0.2, -0.15) is 5.10 Å². The molecule has 0 aliphatic rings. The Kier molecular flexibility index (Phi) is 2.64. The zero-order valence-electron chi connectivity index (χ0n) is 11.6. The predicted octanol–water partition coefficient (Wildman–Crippen LogP) is 2.90. The highest BCUT2D eigenvalue weighted by atomic mass is 15.2. The number of rotatable bonds is 2. The van der Waals surface area contributed by atoms with E-state index in [1.165, 1.54) is 0 Å². The lowest BCUT2D eigenvalue weighted by molar-refractivity contribution is 0.934. The zero-order valence-corrected chi connectivity index (χ0v) is 11.6. The molecule has 5 nitrogen and oxygen atoms in total. The quantitative estimate of drug-likeness (QED) is 0.564. The Morgan fingerprint density at radius 3 is 2.62 bits per heavy atom. The molecule has 3 aromatic heterocycles. The molecular formula is C16H13N5. The third kappa shape index (κ3) is 1.94. The molecule has 0 saturated heterocycles. The summed E-state index contributed by atoms with van der Waals surface area (Å²) in [5, 5.41) is 4.55. The number of hydrogen-bond donors (Lipinski definition) is 0. The highest BCUT2D eigenvalue weighted by Crippen LogP contribution is 2.23. The lowest BCUT2D eigenvalue weighted by atomic mass is 10.1. The molecule has 4 aromatic rings. The SMILES string of the molecule is CCc1nc2ccccc2nc1-c1cc2ncccn2n1. The summed E-state index contributed by atoms with van der Waals surface area (Å²) in [6.07, 6.45) is 4.45. The summed E-state index contributed by atoms with van der Waals surface area (Å²) in [6, 6.07) is 11.7. The van der Waals surface area contributed by atoms with Crippen LogP contribution < -0.4 is 0 Å². The molecule has 0 unspecified atom stereocenters. The van der Waals surface area contributed by atoms with Crippen LogP contribution in [0.1, 0.15) is 12.6 Å². The van der Waals surface area contributed by atoms with Crippen molar-refractivity contribution in [2.75, 3.05) is 0 Å². The van der Waals surface area contributed by atoms with Gasteiger partial charge in [0.15, 0.2) is 5.65 Å². The van der Waals surface area contributed by atoms with E-state index in [1.54, 1.807) is 10.7 Å². The van der Waals surface area contributed by atoms with Gasteiger partial charge in [0.05, 0.1) is 16.7 Å². The molecule has 1 aromatic carbocycles. The maximum absolute atomic E-state index is 4.75. The summed E-state index contributed by atoms with van der Waals surface area (Å²) < 4.78 is 1.76. The first-order valence-electron chi connectivity index (χ1n) is 6.91. The van der Waals surface area contributed by atoms with E-state index in [4.69, 9.17) is 9.97 Å². The van der Waals surface area contributed by atoms with E-state index in [9.17, 15) is 0 Å². The lowest BCUT2D eigenvalue weighted by Gasteiger charge is -2.05. The first kappa shape index (κ1) is 12.0. The van der Waals surface area contributed by atoms with Gasteiger partial charge >= 0.3 is 0 Å². The Bertz CT molecular complexity index is 909. The van der Waals surface area contributed by atoms with Gasteiger partial charge in [-0.1, -0.05) is 19.1 Å². The van der Waals surface area contributed by atoms with E-state index in [0.717, 1.165) is 40.2 Å². The Balaban J connectivity index is 1.99. The Morgan fingerprint density at radius 2 is 1.86 bits per heavy atom. The minimum atomic E-state index is 0.809. The second-order valence-electron chi connectivity index (χ2n) is 4.81.